The number of rotatable bonds is 9. The number of furan rings is 1. The van der Waals surface area contributed by atoms with Crippen molar-refractivity contribution >= 4 is 23.2 Å². The van der Waals surface area contributed by atoms with Gasteiger partial charge in [-0.2, -0.15) is 0 Å². The van der Waals surface area contributed by atoms with Gasteiger partial charge in [0.15, 0.2) is 5.76 Å². The van der Waals surface area contributed by atoms with E-state index in [9.17, 15) is 9.59 Å². The van der Waals surface area contributed by atoms with Gasteiger partial charge >= 0.3 is 0 Å². The first kappa shape index (κ1) is 27.2. The SMILES string of the molecule is Cc1ccc(N(C(=O)c2ccco2)C2CCN(CCc3ccccc3NC(=O)CC3CCCCC3)CC2)cc1. The van der Waals surface area contributed by atoms with Crippen LogP contribution in [0.4, 0.5) is 11.4 Å². The number of nitrogens with one attached hydrogen (secondary N) is 1. The van der Waals surface area contributed by atoms with Crippen LogP contribution in [0.3, 0.4) is 0 Å². The van der Waals surface area contributed by atoms with Crippen molar-refractivity contribution in [2.45, 2.75) is 70.8 Å². The van der Waals surface area contributed by atoms with Crippen molar-refractivity contribution in [3.05, 3.63) is 83.8 Å². The maximum Gasteiger partial charge on any atom is 0.294 e. The maximum absolute atomic E-state index is 13.4. The number of likely N-dealkylation sites (tertiary alicyclic amines) is 1. The van der Waals surface area contributed by atoms with Gasteiger partial charge in [0.1, 0.15) is 0 Å². The van der Waals surface area contributed by atoms with Crippen molar-refractivity contribution in [3.63, 3.8) is 0 Å². The number of amides is 2. The second kappa shape index (κ2) is 13.1. The molecule has 5 rings (SSSR count). The Morgan fingerprint density at radius 2 is 1.67 bits per heavy atom. The lowest BCUT2D eigenvalue weighted by Crippen LogP contribution is -2.48. The van der Waals surface area contributed by atoms with Crippen LogP contribution in [0.15, 0.2) is 71.3 Å². The molecule has 0 radical (unpaired) electrons. The first-order chi connectivity index (χ1) is 19.1. The molecule has 1 N–H and O–H groups in total. The summed E-state index contributed by atoms with van der Waals surface area (Å²) < 4.78 is 5.47. The van der Waals surface area contributed by atoms with Gasteiger partial charge in [0, 0.05) is 43.5 Å². The van der Waals surface area contributed by atoms with Gasteiger partial charge < -0.3 is 19.5 Å². The minimum atomic E-state index is -0.0831. The average Bonchev–Trinajstić information content (AvgIpc) is 3.50. The average molecular weight is 528 g/mol. The number of piperidine rings is 1. The van der Waals surface area contributed by atoms with Crippen LogP contribution >= 0.6 is 0 Å². The van der Waals surface area contributed by atoms with E-state index in [2.05, 4.69) is 41.4 Å². The molecule has 1 saturated carbocycles. The molecule has 2 aromatic carbocycles. The molecule has 3 aromatic rings. The number of benzene rings is 2. The highest BCUT2D eigenvalue weighted by molar-refractivity contribution is 6.04. The molecule has 6 nitrogen and oxygen atoms in total. The van der Waals surface area contributed by atoms with Gasteiger partial charge in [-0.25, -0.2) is 0 Å². The number of para-hydroxylation sites is 1. The number of nitrogens with zero attached hydrogens (tertiary/aromatic N) is 2. The van der Waals surface area contributed by atoms with E-state index in [1.165, 1.54) is 43.2 Å². The molecule has 1 aliphatic carbocycles. The van der Waals surface area contributed by atoms with E-state index in [1.807, 2.05) is 29.2 Å². The number of hydrogen-bond donors (Lipinski definition) is 1. The number of carbonyl (C=O) groups is 2. The van der Waals surface area contributed by atoms with Crippen LogP contribution in [-0.2, 0) is 11.2 Å². The second-order valence-corrected chi connectivity index (χ2v) is 11.2. The molecule has 1 aromatic heterocycles. The molecule has 1 saturated heterocycles. The van der Waals surface area contributed by atoms with E-state index in [1.54, 1.807) is 18.4 Å². The van der Waals surface area contributed by atoms with E-state index in [0.717, 1.165) is 50.3 Å². The van der Waals surface area contributed by atoms with E-state index >= 15 is 0 Å². The molecule has 39 heavy (non-hydrogen) atoms. The van der Waals surface area contributed by atoms with E-state index in [4.69, 9.17) is 4.42 Å². The lowest BCUT2D eigenvalue weighted by atomic mass is 9.87. The van der Waals surface area contributed by atoms with Crippen molar-refractivity contribution < 1.29 is 14.0 Å². The van der Waals surface area contributed by atoms with Gasteiger partial charge in [-0.05, 0) is 80.8 Å². The highest BCUT2D eigenvalue weighted by atomic mass is 16.3. The molecule has 0 bridgehead atoms. The van der Waals surface area contributed by atoms with E-state index in [-0.39, 0.29) is 17.9 Å². The molecule has 1 aliphatic heterocycles. The predicted octanol–water partition coefficient (Wildman–Crippen LogP) is 6.85. The van der Waals surface area contributed by atoms with E-state index in [0.29, 0.717) is 18.1 Å². The second-order valence-electron chi connectivity index (χ2n) is 11.2. The zero-order valence-corrected chi connectivity index (χ0v) is 23.1. The van der Waals surface area contributed by atoms with Crippen LogP contribution in [0.25, 0.3) is 0 Å². The summed E-state index contributed by atoms with van der Waals surface area (Å²) in [5.74, 6) is 0.972. The molecule has 0 spiro atoms. The van der Waals surface area contributed by atoms with Crippen LogP contribution < -0.4 is 10.2 Å². The minimum absolute atomic E-state index is 0.0831. The Morgan fingerprint density at radius 3 is 2.38 bits per heavy atom. The van der Waals surface area contributed by atoms with Crippen LogP contribution in [0.1, 0.15) is 73.0 Å². The summed E-state index contributed by atoms with van der Waals surface area (Å²) >= 11 is 0. The summed E-state index contributed by atoms with van der Waals surface area (Å²) in [6.45, 7) is 4.84. The smallest absolute Gasteiger partial charge is 0.294 e. The van der Waals surface area contributed by atoms with Gasteiger partial charge in [-0.3, -0.25) is 9.59 Å². The Balaban J connectivity index is 1.17. The molecule has 2 fully saturated rings. The Morgan fingerprint density at radius 1 is 0.923 bits per heavy atom. The maximum atomic E-state index is 13.4. The Kier molecular flexibility index (Phi) is 9.15. The number of hydrogen-bond acceptors (Lipinski definition) is 4. The molecule has 206 valence electrons. The summed E-state index contributed by atoms with van der Waals surface area (Å²) in [4.78, 5) is 30.6. The fraction of sp³-hybridized carbons (Fsp3) is 0.455. The Bertz CT molecular complexity index is 1210. The van der Waals surface area contributed by atoms with Crippen molar-refractivity contribution in [1.29, 1.82) is 0 Å². The number of anilines is 2. The fourth-order valence-electron chi connectivity index (χ4n) is 6.11. The molecule has 2 aliphatic rings. The zero-order chi connectivity index (χ0) is 27.0. The highest BCUT2D eigenvalue weighted by Gasteiger charge is 2.31. The summed E-state index contributed by atoms with van der Waals surface area (Å²) in [5, 5.41) is 3.20. The van der Waals surface area contributed by atoms with E-state index < -0.39 is 0 Å². The third-order valence-electron chi connectivity index (χ3n) is 8.37. The standard InChI is InChI=1S/C33H41N3O3/c1-25-13-15-28(16-14-25)36(33(38)31-12-7-23-39-31)29-18-21-35(22-19-29)20-17-27-10-5-6-11-30(27)34-32(37)24-26-8-3-2-4-9-26/h5-7,10-16,23,26,29H,2-4,8-9,17-22,24H2,1H3,(H,34,37). The summed E-state index contributed by atoms with van der Waals surface area (Å²) in [6.07, 6.45) is 11.1. The first-order valence-corrected chi connectivity index (χ1v) is 14.6. The predicted molar refractivity (Wildman–Crippen MR) is 156 cm³/mol. The van der Waals surface area contributed by atoms with Crippen molar-refractivity contribution in [2.75, 3.05) is 29.9 Å². The van der Waals surface area contributed by atoms with Gasteiger partial charge in [-0.15, -0.1) is 0 Å². The highest BCUT2D eigenvalue weighted by Crippen LogP contribution is 2.28. The van der Waals surface area contributed by atoms with Crippen LogP contribution in [0.5, 0.6) is 0 Å². The molecular formula is C33H41N3O3. The molecular weight excluding hydrogens is 486 g/mol. The largest absolute Gasteiger partial charge is 0.459 e. The van der Waals surface area contributed by atoms with Gasteiger partial charge in [0.2, 0.25) is 5.91 Å². The number of aryl methyl sites for hydroxylation is 1. The van der Waals surface area contributed by atoms with Gasteiger partial charge in [-0.1, -0.05) is 55.2 Å². The third kappa shape index (κ3) is 7.18. The van der Waals surface area contributed by atoms with Gasteiger partial charge in [0.25, 0.3) is 5.91 Å². The Hall–Kier alpha value is -3.38. The summed E-state index contributed by atoms with van der Waals surface area (Å²) in [7, 11) is 0. The quantitative estimate of drug-likeness (QED) is 0.330. The summed E-state index contributed by atoms with van der Waals surface area (Å²) in [6, 6.07) is 20.0. The minimum Gasteiger partial charge on any atom is -0.459 e. The van der Waals surface area contributed by atoms with Crippen LogP contribution in [0, 0.1) is 12.8 Å². The van der Waals surface area contributed by atoms with Crippen molar-refractivity contribution in [2.24, 2.45) is 5.92 Å². The van der Waals surface area contributed by atoms with Crippen molar-refractivity contribution in [3.8, 4) is 0 Å². The fourth-order valence-corrected chi connectivity index (χ4v) is 6.11. The molecule has 6 heteroatoms. The molecule has 2 amide bonds. The van der Waals surface area contributed by atoms with Crippen molar-refractivity contribution in [1.82, 2.24) is 4.90 Å². The lowest BCUT2D eigenvalue weighted by molar-refractivity contribution is -0.117. The van der Waals surface area contributed by atoms with Crippen LogP contribution in [0.2, 0.25) is 0 Å². The monoisotopic (exact) mass is 527 g/mol. The lowest BCUT2D eigenvalue weighted by Gasteiger charge is -2.38. The molecule has 0 unspecified atom stereocenters. The third-order valence-corrected chi connectivity index (χ3v) is 8.37. The van der Waals surface area contributed by atoms with Gasteiger partial charge in [0.05, 0.1) is 6.26 Å². The normalized spacial score (nSPS) is 17.2. The molecule has 0 atom stereocenters. The zero-order valence-electron chi connectivity index (χ0n) is 23.1. The molecule has 2 heterocycles. The first-order valence-electron chi connectivity index (χ1n) is 14.6. The number of carbonyl (C=O) groups excluding carboxylic acids is 2. The van der Waals surface area contributed by atoms with Crippen LogP contribution in [-0.4, -0.2) is 42.4 Å². The Labute approximate surface area is 232 Å². The summed E-state index contributed by atoms with van der Waals surface area (Å²) in [5.41, 5.74) is 4.22. The topological polar surface area (TPSA) is 65.8 Å².